The van der Waals surface area contributed by atoms with Crippen molar-refractivity contribution in [3.8, 4) is 17.4 Å². The Balaban J connectivity index is 1.27. The molecule has 0 saturated carbocycles. The normalized spacial score (nSPS) is 24.4. The lowest BCUT2D eigenvalue weighted by molar-refractivity contribution is -0.228. The first-order valence-electron chi connectivity index (χ1n) is 12.5. The Kier molecular flexibility index (Phi) is 6.33. The Morgan fingerprint density at radius 3 is 2.84 bits per heavy atom. The third-order valence-corrected chi connectivity index (χ3v) is 7.62. The van der Waals surface area contributed by atoms with Crippen LogP contribution in [0.1, 0.15) is 19.2 Å². The minimum atomic E-state index is -0.978. The summed E-state index contributed by atoms with van der Waals surface area (Å²) in [5, 5.41) is 10.5. The molecule has 3 aliphatic heterocycles. The zero-order chi connectivity index (χ0) is 26.4. The molecule has 0 radical (unpaired) electrons. The summed E-state index contributed by atoms with van der Waals surface area (Å²) in [5.41, 5.74) is 1.10. The summed E-state index contributed by atoms with van der Waals surface area (Å²) in [7, 11) is 0. The summed E-state index contributed by atoms with van der Waals surface area (Å²) in [5.74, 6) is 0.647. The Bertz CT molecular complexity index is 1340. The van der Waals surface area contributed by atoms with E-state index in [4.69, 9.17) is 25.8 Å². The number of rotatable bonds is 6. The highest BCUT2D eigenvalue weighted by Crippen LogP contribution is 2.40. The first-order valence-corrected chi connectivity index (χ1v) is 12.9. The van der Waals surface area contributed by atoms with E-state index in [0.29, 0.717) is 54.9 Å². The van der Waals surface area contributed by atoms with Gasteiger partial charge in [-0.15, -0.1) is 0 Å². The van der Waals surface area contributed by atoms with E-state index in [9.17, 15) is 9.90 Å². The molecule has 3 aliphatic rings. The second-order valence-corrected chi connectivity index (χ2v) is 10.3. The minimum absolute atomic E-state index is 0.0130. The fourth-order valence-corrected chi connectivity index (χ4v) is 5.45. The zero-order valence-corrected chi connectivity index (χ0v) is 21.8. The van der Waals surface area contributed by atoms with Gasteiger partial charge in [0.05, 0.1) is 43.1 Å². The van der Waals surface area contributed by atoms with E-state index < -0.39 is 18.1 Å². The van der Waals surface area contributed by atoms with Gasteiger partial charge in [-0.25, -0.2) is 14.8 Å². The van der Waals surface area contributed by atoms with Gasteiger partial charge < -0.3 is 34.1 Å². The molecule has 0 unspecified atom stereocenters. The summed E-state index contributed by atoms with van der Waals surface area (Å²) in [4.78, 5) is 37.1. The average Bonchev–Trinajstić information content (AvgIpc) is 3.55. The van der Waals surface area contributed by atoms with Crippen molar-refractivity contribution in [2.45, 2.75) is 44.1 Å². The second kappa shape index (κ2) is 9.68. The number of aromatic nitrogens is 5. The molecule has 200 valence electrons. The van der Waals surface area contributed by atoms with Gasteiger partial charge >= 0.3 is 5.97 Å². The number of nitrogens with one attached hydrogen (secondary N) is 1. The number of aromatic amines is 1. The second-order valence-electron chi connectivity index (χ2n) is 9.83. The molecule has 3 atom stereocenters. The Morgan fingerprint density at radius 2 is 2.13 bits per heavy atom. The van der Waals surface area contributed by atoms with Crippen molar-refractivity contribution in [1.29, 1.82) is 0 Å². The van der Waals surface area contributed by atoms with Gasteiger partial charge in [-0.3, -0.25) is 0 Å². The van der Waals surface area contributed by atoms with Crippen LogP contribution in [-0.4, -0.2) is 92.7 Å². The van der Waals surface area contributed by atoms with Crippen molar-refractivity contribution in [1.82, 2.24) is 24.9 Å². The highest BCUT2D eigenvalue weighted by molar-refractivity contribution is 6.30. The van der Waals surface area contributed by atoms with Gasteiger partial charge in [0.1, 0.15) is 29.3 Å². The summed E-state index contributed by atoms with van der Waals surface area (Å²) < 4.78 is 17.9. The highest BCUT2D eigenvalue weighted by Gasteiger charge is 2.50. The maximum absolute atomic E-state index is 12.3. The molecule has 38 heavy (non-hydrogen) atoms. The smallest absolute Gasteiger partial charge is 0.326 e. The first-order chi connectivity index (χ1) is 18.3. The number of aryl methyl sites for hydroxylation is 1. The number of pyridine rings is 1. The quantitative estimate of drug-likeness (QED) is 0.475. The lowest BCUT2D eigenvalue weighted by atomic mass is 9.90. The molecule has 3 aromatic heterocycles. The average molecular weight is 542 g/mol. The molecule has 1 spiro atoms. The number of carboxylic acids is 1. The number of hydrogen-bond donors (Lipinski definition) is 2. The minimum Gasteiger partial charge on any atom is -0.480 e. The van der Waals surface area contributed by atoms with E-state index in [1.54, 1.807) is 18.0 Å². The number of ether oxygens (including phenoxy) is 3. The van der Waals surface area contributed by atoms with E-state index in [0.717, 1.165) is 11.4 Å². The summed E-state index contributed by atoms with van der Waals surface area (Å²) in [6, 6.07) is 4.67. The van der Waals surface area contributed by atoms with Crippen LogP contribution in [0.25, 0.3) is 11.5 Å². The number of morpholine rings is 1. The maximum atomic E-state index is 12.3. The molecule has 3 saturated heterocycles. The molecule has 6 heterocycles. The number of hydrogen-bond acceptors (Lipinski definition) is 10. The van der Waals surface area contributed by atoms with Crippen LogP contribution >= 0.6 is 11.6 Å². The molecular weight excluding hydrogens is 514 g/mol. The van der Waals surface area contributed by atoms with Gasteiger partial charge in [0.2, 0.25) is 11.8 Å². The van der Waals surface area contributed by atoms with Gasteiger partial charge in [-0.05, 0) is 32.0 Å². The number of halogens is 1. The van der Waals surface area contributed by atoms with Gasteiger partial charge in [0.15, 0.2) is 5.82 Å². The monoisotopic (exact) mass is 541 g/mol. The summed E-state index contributed by atoms with van der Waals surface area (Å²) in [6.07, 6.45) is 3.08. The third kappa shape index (κ3) is 4.42. The third-order valence-electron chi connectivity index (χ3n) is 7.41. The molecule has 13 heteroatoms. The topological polar surface area (TPSA) is 139 Å². The van der Waals surface area contributed by atoms with Crippen LogP contribution in [0.4, 0.5) is 11.6 Å². The van der Waals surface area contributed by atoms with Crippen LogP contribution in [0.2, 0.25) is 5.02 Å². The first kappa shape index (κ1) is 24.8. The van der Waals surface area contributed by atoms with Crippen molar-refractivity contribution in [3.63, 3.8) is 0 Å². The fraction of sp³-hybridized carbons (Fsp3) is 0.480. The number of H-pyrrole nitrogens is 1. The van der Waals surface area contributed by atoms with Crippen LogP contribution in [0, 0.1) is 6.92 Å². The molecule has 0 amide bonds. The van der Waals surface area contributed by atoms with E-state index in [2.05, 4.69) is 36.7 Å². The molecule has 2 N–H and O–H groups in total. The van der Waals surface area contributed by atoms with Gasteiger partial charge in [-0.1, -0.05) is 11.6 Å². The molecule has 0 aromatic carbocycles. The largest absolute Gasteiger partial charge is 0.480 e. The van der Waals surface area contributed by atoms with Crippen molar-refractivity contribution in [2.24, 2.45) is 0 Å². The summed E-state index contributed by atoms with van der Waals surface area (Å²) >= 11 is 6.35. The molecular formula is C25H28ClN7O5. The van der Waals surface area contributed by atoms with E-state index in [1.165, 1.54) is 6.20 Å². The summed E-state index contributed by atoms with van der Waals surface area (Å²) in [6.45, 7) is 6.36. The lowest BCUT2D eigenvalue weighted by Gasteiger charge is -2.53. The van der Waals surface area contributed by atoms with Crippen molar-refractivity contribution in [3.05, 3.63) is 41.4 Å². The van der Waals surface area contributed by atoms with E-state index >= 15 is 0 Å². The molecule has 3 fully saturated rings. The number of nitrogens with zero attached hydrogens (tertiary/aromatic N) is 6. The standard InChI is InChI=1S/C25H28ClN7O5/c1-14-25(12-36-13-25)37-7-6-32(14)19-8-16(26)10-28-22(19)38-17-9-20(23(34)35)33(11-17)24-30-15(2)29-21(31-24)18-4-3-5-27-18/h3-5,8,10,14,17,20,27H,6-7,9,11-13H2,1-2H3,(H,34,35)/t14-,17-,20-/m0/s1. The Labute approximate surface area is 223 Å². The Morgan fingerprint density at radius 1 is 1.29 bits per heavy atom. The van der Waals surface area contributed by atoms with Crippen molar-refractivity contribution in [2.75, 3.05) is 42.7 Å². The number of aliphatic carboxylic acids is 1. The van der Waals surface area contributed by atoms with Crippen LogP contribution in [0.15, 0.2) is 30.6 Å². The molecule has 6 rings (SSSR count). The zero-order valence-electron chi connectivity index (χ0n) is 21.0. The van der Waals surface area contributed by atoms with E-state index in [1.807, 2.05) is 18.2 Å². The van der Waals surface area contributed by atoms with Crippen LogP contribution in [0.5, 0.6) is 5.88 Å². The number of carboxylic acid groups (broad SMARTS) is 1. The van der Waals surface area contributed by atoms with E-state index in [-0.39, 0.29) is 24.6 Å². The van der Waals surface area contributed by atoms with Gasteiger partial charge in [0.25, 0.3) is 0 Å². The highest BCUT2D eigenvalue weighted by atomic mass is 35.5. The lowest BCUT2D eigenvalue weighted by Crippen LogP contribution is -2.68. The molecule has 12 nitrogen and oxygen atoms in total. The maximum Gasteiger partial charge on any atom is 0.326 e. The van der Waals surface area contributed by atoms with Gasteiger partial charge in [0, 0.05) is 25.4 Å². The Hall–Kier alpha value is -3.48. The van der Waals surface area contributed by atoms with Crippen LogP contribution in [0.3, 0.4) is 0 Å². The predicted molar refractivity (Wildman–Crippen MR) is 138 cm³/mol. The molecule has 0 bridgehead atoms. The van der Waals surface area contributed by atoms with Gasteiger partial charge in [-0.2, -0.15) is 9.97 Å². The molecule has 3 aromatic rings. The van der Waals surface area contributed by atoms with Crippen LogP contribution in [-0.2, 0) is 14.3 Å². The van der Waals surface area contributed by atoms with Crippen molar-refractivity contribution < 1.29 is 24.1 Å². The number of carbonyl (C=O) groups is 1. The number of anilines is 2. The van der Waals surface area contributed by atoms with Crippen molar-refractivity contribution >= 4 is 29.2 Å². The predicted octanol–water partition coefficient (Wildman–Crippen LogP) is 2.33. The van der Waals surface area contributed by atoms with Crippen LogP contribution < -0.4 is 14.5 Å². The molecule has 0 aliphatic carbocycles. The fourth-order valence-electron chi connectivity index (χ4n) is 5.30. The SMILES string of the molecule is Cc1nc(-c2ccc[nH]2)nc(N2C[C@@H](Oc3ncc(Cl)cc3N3CCOC4(COC4)[C@@H]3C)C[C@H]2C(=O)O)n1.